The van der Waals surface area contributed by atoms with Crippen molar-refractivity contribution in [1.29, 1.82) is 0 Å². The van der Waals surface area contributed by atoms with E-state index in [9.17, 15) is 19.5 Å². The summed E-state index contributed by atoms with van der Waals surface area (Å²) in [7, 11) is 0. The molecule has 0 rings (SSSR count). The maximum absolute atomic E-state index is 12.7. The van der Waals surface area contributed by atoms with Gasteiger partial charge in [-0.1, -0.05) is 122 Å². The van der Waals surface area contributed by atoms with Crippen LogP contribution in [0.5, 0.6) is 0 Å². The van der Waals surface area contributed by atoms with Crippen molar-refractivity contribution in [3.63, 3.8) is 0 Å². The number of unbranched alkanes of at least 4 members (excludes halogenated alkanes) is 18. The van der Waals surface area contributed by atoms with E-state index in [1.165, 1.54) is 64.2 Å². The van der Waals surface area contributed by atoms with Crippen molar-refractivity contribution in [2.75, 3.05) is 6.61 Å². The van der Waals surface area contributed by atoms with Crippen LogP contribution in [-0.2, 0) is 23.9 Å². The molecular weight excluding hydrogens is 564 g/mol. The number of aliphatic hydroxyl groups is 1. The van der Waals surface area contributed by atoms with E-state index < -0.39 is 30.8 Å². The van der Waals surface area contributed by atoms with Crippen molar-refractivity contribution in [2.45, 2.75) is 200 Å². The predicted octanol–water partition coefficient (Wildman–Crippen LogP) is 10.7. The molecule has 0 aliphatic rings. The zero-order valence-corrected chi connectivity index (χ0v) is 29.5. The molecule has 262 valence electrons. The van der Waals surface area contributed by atoms with Gasteiger partial charge in [0.2, 0.25) is 0 Å². The first-order valence-electron chi connectivity index (χ1n) is 18.8. The Morgan fingerprint density at radius 1 is 0.489 bits per heavy atom. The van der Waals surface area contributed by atoms with Gasteiger partial charge in [-0.15, -0.1) is 0 Å². The summed E-state index contributed by atoms with van der Waals surface area (Å²) < 4.78 is 11.0. The topological polar surface area (TPSA) is 89.9 Å². The highest BCUT2D eigenvalue weighted by atomic mass is 16.6. The van der Waals surface area contributed by atoms with Gasteiger partial charge in [-0.2, -0.15) is 0 Å². The summed E-state index contributed by atoms with van der Waals surface area (Å²) >= 11 is 0. The van der Waals surface area contributed by atoms with Crippen LogP contribution in [0.15, 0.2) is 24.3 Å². The van der Waals surface area contributed by atoms with Crippen molar-refractivity contribution in [3.8, 4) is 0 Å². The van der Waals surface area contributed by atoms with Gasteiger partial charge < -0.3 is 14.6 Å². The summed E-state index contributed by atoms with van der Waals surface area (Å²) in [6, 6.07) is 0. The molecule has 6 heteroatoms. The molecule has 0 amide bonds. The number of rotatable bonds is 33. The van der Waals surface area contributed by atoms with Gasteiger partial charge in [0.25, 0.3) is 0 Å². The third-order valence-corrected chi connectivity index (χ3v) is 8.16. The van der Waals surface area contributed by atoms with Gasteiger partial charge in [-0.05, 0) is 70.6 Å². The van der Waals surface area contributed by atoms with Gasteiger partial charge in [0, 0.05) is 19.3 Å². The average molecular weight is 635 g/mol. The van der Waals surface area contributed by atoms with E-state index in [0.29, 0.717) is 19.3 Å². The second-order valence-corrected chi connectivity index (χ2v) is 12.6. The number of carbonyl (C=O) groups is 3. The molecular formula is C39H70O6. The lowest BCUT2D eigenvalue weighted by atomic mass is 10.0. The Kier molecular flexibility index (Phi) is 32.0. The van der Waals surface area contributed by atoms with E-state index in [0.717, 1.165) is 64.2 Å². The van der Waals surface area contributed by atoms with Crippen LogP contribution in [0.1, 0.15) is 188 Å². The maximum atomic E-state index is 12.7. The fourth-order valence-electron chi connectivity index (χ4n) is 5.33. The molecule has 0 saturated heterocycles. The molecule has 0 aliphatic carbocycles. The largest absolute Gasteiger partial charge is 0.455 e. The first-order chi connectivity index (χ1) is 22.0. The Bertz CT molecular complexity index is 759. The number of hydrogen-bond acceptors (Lipinski definition) is 6. The summed E-state index contributed by atoms with van der Waals surface area (Å²) in [5, 5.41) is 9.93. The number of ether oxygens (including phenoxy) is 2. The lowest BCUT2D eigenvalue weighted by molar-refractivity contribution is -0.175. The van der Waals surface area contributed by atoms with E-state index in [1.54, 1.807) is 0 Å². The van der Waals surface area contributed by atoms with Crippen LogP contribution in [-0.4, -0.2) is 41.6 Å². The number of Topliss-reactive ketones (excluding diaryl/α,β-unsaturated/α-hetero) is 1. The monoisotopic (exact) mass is 635 g/mol. The fourth-order valence-corrected chi connectivity index (χ4v) is 5.33. The van der Waals surface area contributed by atoms with Crippen LogP contribution in [0.3, 0.4) is 0 Å². The van der Waals surface area contributed by atoms with Crippen LogP contribution in [0.25, 0.3) is 0 Å². The zero-order chi connectivity index (χ0) is 33.2. The molecule has 0 aliphatic heterocycles. The van der Waals surface area contributed by atoms with E-state index in [-0.39, 0.29) is 25.0 Å². The molecule has 0 radical (unpaired) electrons. The summed E-state index contributed by atoms with van der Waals surface area (Å²) in [6.07, 6.45) is 32.9. The van der Waals surface area contributed by atoms with E-state index in [4.69, 9.17) is 9.47 Å². The van der Waals surface area contributed by atoms with E-state index in [1.807, 2.05) is 6.92 Å². The Morgan fingerprint density at radius 2 is 0.867 bits per heavy atom. The molecule has 0 bridgehead atoms. The highest BCUT2D eigenvalue weighted by molar-refractivity contribution is 5.86. The molecule has 6 nitrogen and oxygen atoms in total. The van der Waals surface area contributed by atoms with Crippen molar-refractivity contribution in [2.24, 2.45) is 0 Å². The Hall–Kier alpha value is -1.95. The third kappa shape index (κ3) is 28.0. The van der Waals surface area contributed by atoms with Gasteiger partial charge in [-0.25, -0.2) is 0 Å². The minimum absolute atomic E-state index is 0.202. The summed E-state index contributed by atoms with van der Waals surface area (Å²) in [5.74, 6) is -1.25. The van der Waals surface area contributed by atoms with Crippen LogP contribution in [0.2, 0.25) is 0 Å². The Balaban J connectivity index is 4.24. The van der Waals surface area contributed by atoms with Gasteiger partial charge in [0.15, 0.2) is 18.0 Å². The average Bonchev–Trinajstić information content (AvgIpc) is 3.03. The highest BCUT2D eigenvalue weighted by Gasteiger charge is 2.33. The zero-order valence-electron chi connectivity index (χ0n) is 29.5. The summed E-state index contributed by atoms with van der Waals surface area (Å²) in [4.78, 5) is 37.8. The molecule has 0 spiro atoms. The highest BCUT2D eigenvalue weighted by Crippen LogP contribution is 2.16. The molecule has 0 heterocycles. The smallest absolute Gasteiger partial charge is 0.306 e. The van der Waals surface area contributed by atoms with Gasteiger partial charge >= 0.3 is 11.9 Å². The second-order valence-electron chi connectivity index (χ2n) is 12.6. The summed E-state index contributed by atoms with van der Waals surface area (Å²) in [5.41, 5.74) is 0. The first kappa shape index (κ1) is 43.0. The number of esters is 2. The molecule has 1 N–H and O–H groups in total. The van der Waals surface area contributed by atoms with Crippen LogP contribution in [0, 0.1) is 0 Å². The molecule has 0 saturated carbocycles. The second kappa shape index (κ2) is 33.4. The molecule has 45 heavy (non-hydrogen) atoms. The standard InChI is InChI=1S/C39H70O6/c1-4-7-9-11-13-15-17-19-21-23-25-27-29-32-37(42)44-36(34-40)39(35(41)31-6-3)45-38(43)33-30-28-26-24-22-20-18-16-14-12-10-8-5-2/h15-18,36,39-40H,4-14,19-34H2,1-3H3. The third-order valence-electron chi connectivity index (χ3n) is 8.16. The normalized spacial score (nSPS) is 13.0. The Morgan fingerprint density at radius 3 is 1.27 bits per heavy atom. The van der Waals surface area contributed by atoms with E-state index >= 15 is 0 Å². The molecule has 2 unspecified atom stereocenters. The minimum Gasteiger partial charge on any atom is -0.455 e. The molecule has 0 aromatic carbocycles. The quantitative estimate of drug-likeness (QED) is 0.0439. The van der Waals surface area contributed by atoms with Crippen molar-refractivity contribution in [3.05, 3.63) is 24.3 Å². The number of carbonyl (C=O) groups excluding carboxylic acids is 3. The van der Waals surface area contributed by atoms with Gasteiger partial charge in [0.05, 0.1) is 6.61 Å². The molecule has 0 aromatic heterocycles. The van der Waals surface area contributed by atoms with Crippen molar-refractivity contribution >= 4 is 17.7 Å². The number of ketones is 1. The number of allylic oxidation sites excluding steroid dienone is 4. The Labute approximate surface area is 277 Å². The van der Waals surface area contributed by atoms with Crippen molar-refractivity contribution < 1.29 is 29.0 Å². The molecule has 0 aromatic rings. The van der Waals surface area contributed by atoms with Crippen molar-refractivity contribution in [1.82, 2.24) is 0 Å². The summed E-state index contributed by atoms with van der Waals surface area (Å²) in [6.45, 7) is 5.77. The fraction of sp³-hybridized carbons (Fsp3) is 0.821. The maximum Gasteiger partial charge on any atom is 0.306 e. The van der Waals surface area contributed by atoms with Gasteiger partial charge in [0.1, 0.15) is 0 Å². The molecule has 2 atom stereocenters. The lowest BCUT2D eigenvalue weighted by Gasteiger charge is -2.24. The van der Waals surface area contributed by atoms with Crippen LogP contribution >= 0.6 is 0 Å². The molecule has 0 fully saturated rings. The number of aliphatic hydroxyl groups excluding tert-OH is 1. The minimum atomic E-state index is -1.25. The first-order valence-corrected chi connectivity index (χ1v) is 18.8. The van der Waals surface area contributed by atoms with E-state index in [2.05, 4.69) is 38.2 Å². The predicted molar refractivity (Wildman–Crippen MR) is 187 cm³/mol. The van der Waals surface area contributed by atoms with Crippen LogP contribution < -0.4 is 0 Å². The lowest BCUT2D eigenvalue weighted by Crippen LogP contribution is -2.43. The van der Waals surface area contributed by atoms with Crippen LogP contribution in [0.4, 0.5) is 0 Å². The SMILES string of the molecule is CCCCCCC=CCCCCCCCC(=O)OC(CO)C(OC(=O)CCCCCCCC=CCCCCCC)C(=O)CCC. The van der Waals surface area contributed by atoms with Gasteiger partial charge in [-0.3, -0.25) is 14.4 Å². The number of hydrogen-bond donors (Lipinski definition) is 1.